The van der Waals surface area contributed by atoms with Gasteiger partial charge in [0.1, 0.15) is 11.4 Å². The molecule has 0 N–H and O–H groups in total. The summed E-state index contributed by atoms with van der Waals surface area (Å²) in [6.45, 7) is 5.85. The number of nitrogens with zero attached hydrogens (tertiary/aromatic N) is 2. The Balaban J connectivity index is 1.57. The average molecular weight is 425 g/mol. The molecule has 1 aliphatic heterocycles. The minimum Gasteiger partial charge on any atom is -0.497 e. The third kappa shape index (κ3) is 4.11. The van der Waals surface area contributed by atoms with Crippen molar-refractivity contribution in [1.82, 2.24) is 4.98 Å². The topological polar surface area (TPSA) is 60.9 Å². The molecule has 7 heteroatoms. The maximum absolute atomic E-state index is 13.2. The standard InChI is InChI=1S/C23H24N2O4S/c1-15-14-30-22(24-15)25(17-8-10-18(27-4)11-9-17)20(26)13-28-19-7-5-6-16-12-23(2,3)29-21(16)19/h5-11,14H,12-13H2,1-4H3. The highest BCUT2D eigenvalue weighted by Crippen LogP contribution is 2.42. The van der Waals surface area contributed by atoms with Gasteiger partial charge in [-0.05, 0) is 51.1 Å². The summed E-state index contributed by atoms with van der Waals surface area (Å²) in [6, 6.07) is 13.1. The molecule has 2 heterocycles. The predicted octanol–water partition coefficient (Wildman–Crippen LogP) is 4.92. The Labute approximate surface area is 180 Å². The van der Waals surface area contributed by atoms with Gasteiger partial charge in [-0.25, -0.2) is 4.98 Å². The van der Waals surface area contributed by atoms with E-state index in [1.165, 1.54) is 11.3 Å². The molecule has 0 saturated carbocycles. The number of thiazole rings is 1. The van der Waals surface area contributed by atoms with Crippen LogP contribution in [0.4, 0.5) is 10.8 Å². The van der Waals surface area contributed by atoms with Crippen molar-refractivity contribution >= 4 is 28.1 Å². The molecule has 156 valence electrons. The van der Waals surface area contributed by atoms with Crippen molar-refractivity contribution in [2.45, 2.75) is 32.8 Å². The Morgan fingerprint density at radius 3 is 2.67 bits per heavy atom. The lowest BCUT2D eigenvalue weighted by molar-refractivity contribution is -0.119. The summed E-state index contributed by atoms with van der Waals surface area (Å²) in [6.07, 6.45) is 0.809. The molecule has 0 aliphatic carbocycles. The number of fused-ring (bicyclic) bond motifs is 1. The number of benzene rings is 2. The average Bonchev–Trinajstić information content (AvgIpc) is 3.28. The molecule has 2 aromatic carbocycles. The number of rotatable bonds is 6. The van der Waals surface area contributed by atoms with Crippen molar-refractivity contribution in [3.63, 3.8) is 0 Å². The van der Waals surface area contributed by atoms with Gasteiger partial charge >= 0.3 is 0 Å². The molecule has 30 heavy (non-hydrogen) atoms. The number of carbonyl (C=O) groups is 1. The number of amides is 1. The number of anilines is 2. The molecule has 0 saturated heterocycles. The van der Waals surface area contributed by atoms with Crippen LogP contribution < -0.4 is 19.1 Å². The monoisotopic (exact) mass is 424 g/mol. The van der Waals surface area contributed by atoms with Crippen LogP contribution in [-0.4, -0.2) is 30.2 Å². The van der Waals surface area contributed by atoms with E-state index < -0.39 is 0 Å². The molecule has 0 bridgehead atoms. The smallest absolute Gasteiger partial charge is 0.271 e. The minimum atomic E-state index is -0.278. The number of para-hydroxylation sites is 1. The van der Waals surface area contributed by atoms with Gasteiger partial charge in [-0.1, -0.05) is 12.1 Å². The third-order valence-corrected chi connectivity index (χ3v) is 5.73. The van der Waals surface area contributed by atoms with Crippen molar-refractivity contribution in [2.24, 2.45) is 0 Å². The molecule has 4 rings (SSSR count). The third-order valence-electron chi connectivity index (χ3n) is 4.78. The first-order chi connectivity index (χ1) is 14.4. The molecular weight excluding hydrogens is 400 g/mol. The van der Waals surface area contributed by atoms with E-state index in [4.69, 9.17) is 14.2 Å². The van der Waals surface area contributed by atoms with Crippen LogP contribution >= 0.6 is 11.3 Å². The van der Waals surface area contributed by atoms with Crippen LogP contribution in [0.5, 0.6) is 17.2 Å². The van der Waals surface area contributed by atoms with Crippen LogP contribution in [0.15, 0.2) is 47.8 Å². The Kier molecular flexibility index (Phi) is 5.39. The highest BCUT2D eigenvalue weighted by Gasteiger charge is 2.32. The summed E-state index contributed by atoms with van der Waals surface area (Å²) in [5.74, 6) is 1.80. The molecule has 1 aliphatic rings. The van der Waals surface area contributed by atoms with E-state index in [1.54, 1.807) is 12.0 Å². The largest absolute Gasteiger partial charge is 0.497 e. The van der Waals surface area contributed by atoms with Crippen LogP contribution in [0.25, 0.3) is 0 Å². The van der Waals surface area contributed by atoms with Crippen molar-refractivity contribution in [3.05, 3.63) is 59.1 Å². The first-order valence-corrected chi connectivity index (χ1v) is 10.6. The molecule has 0 spiro atoms. The Morgan fingerprint density at radius 2 is 2.00 bits per heavy atom. The fraction of sp³-hybridized carbons (Fsp3) is 0.304. The highest BCUT2D eigenvalue weighted by atomic mass is 32.1. The second-order valence-electron chi connectivity index (χ2n) is 7.77. The summed E-state index contributed by atoms with van der Waals surface area (Å²) < 4.78 is 17.2. The molecule has 1 aromatic heterocycles. The van der Waals surface area contributed by atoms with Crippen LogP contribution in [0.2, 0.25) is 0 Å². The summed E-state index contributed by atoms with van der Waals surface area (Å²) in [7, 11) is 1.61. The van der Waals surface area contributed by atoms with Gasteiger partial charge < -0.3 is 14.2 Å². The quantitative estimate of drug-likeness (QED) is 0.562. The lowest BCUT2D eigenvalue weighted by Crippen LogP contribution is -2.31. The first-order valence-electron chi connectivity index (χ1n) is 9.69. The van der Waals surface area contributed by atoms with Gasteiger partial charge in [0.2, 0.25) is 0 Å². The Bertz CT molecular complexity index is 1060. The zero-order valence-corrected chi connectivity index (χ0v) is 18.3. The fourth-order valence-corrected chi connectivity index (χ4v) is 4.28. The molecular formula is C23H24N2O4S. The van der Waals surface area contributed by atoms with Gasteiger partial charge in [0, 0.05) is 17.4 Å². The van der Waals surface area contributed by atoms with Crippen molar-refractivity contribution in [3.8, 4) is 17.2 Å². The van der Waals surface area contributed by atoms with Gasteiger partial charge in [-0.2, -0.15) is 0 Å². The number of hydrogen-bond acceptors (Lipinski definition) is 6. The summed E-state index contributed by atoms with van der Waals surface area (Å²) in [5.41, 5.74) is 2.37. The van der Waals surface area contributed by atoms with Gasteiger partial charge in [-0.15, -0.1) is 11.3 Å². The predicted molar refractivity (Wildman–Crippen MR) is 117 cm³/mol. The van der Waals surface area contributed by atoms with Crippen LogP contribution in [0.1, 0.15) is 25.1 Å². The zero-order valence-electron chi connectivity index (χ0n) is 17.5. The number of carbonyl (C=O) groups excluding carboxylic acids is 1. The van der Waals surface area contributed by atoms with E-state index in [0.717, 1.165) is 29.2 Å². The van der Waals surface area contributed by atoms with E-state index >= 15 is 0 Å². The van der Waals surface area contributed by atoms with Crippen LogP contribution in [-0.2, 0) is 11.2 Å². The number of aryl methyl sites for hydroxylation is 1. The van der Waals surface area contributed by atoms with Crippen molar-refractivity contribution < 1.29 is 19.0 Å². The van der Waals surface area contributed by atoms with Gasteiger partial charge in [0.25, 0.3) is 5.91 Å². The Morgan fingerprint density at radius 1 is 1.23 bits per heavy atom. The van der Waals surface area contributed by atoms with Gasteiger partial charge in [0.15, 0.2) is 23.2 Å². The van der Waals surface area contributed by atoms with Gasteiger partial charge in [0.05, 0.1) is 18.5 Å². The molecule has 1 amide bonds. The first kappa shape index (κ1) is 20.2. The number of aromatic nitrogens is 1. The normalized spacial score (nSPS) is 14.0. The van der Waals surface area contributed by atoms with E-state index in [-0.39, 0.29) is 18.1 Å². The number of ether oxygens (including phenoxy) is 3. The lowest BCUT2D eigenvalue weighted by Gasteiger charge is -2.21. The fourth-order valence-electron chi connectivity index (χ4n) is 3.44. The van der Waals surface area contributed by atoms with Gasteiger partial charge in [-0.3, -0.25) is 9.69 Å². The second kappa shape index (κ2) is 7.99. The van der Waals surface area contributed by atoms with E-state index in [9.17, 15) is 4.79 Å². The maximum atomic E-state index is 13.2. The summed E-state index contributed by atoms with van der Waals surface area (Å²) >= 11 is 1.41. The number of methoxy groups -OCH3 is 1. The lowest BCUT2D eigenvalue weighted by atomic mass is 10.0. The Hall–Kier alpha value is -3.06. The van der Waals surface area contributed by atoms with E-state index in [2.05, 4.69) is 4.98 Å². The molecule has 3 aromatic rings. The van der Waals surface area contributed by atoms with Crippen molar-refractivity contribution in [1.29, 1.82) is 0 Å². The van der Waals surface area contributed by atoms with Crippen LogP contribution in [0, 0.1) is 6.92 Å². The molecule has 0 fully saturated rings. The minimum absolute atomic E-state index is 0.134. The zero-order chi connectivity index (χ0) is 21.3. The number of hydrogen-bond donors (Lipinski definition) is 0. The summed E-state index contributed by atoms with van der Waals surface area (Å²) in [4.78, 5) is 19.3. The highest BCUT2D eigenvalue weighted by molar-refractivity contribution is 7.14. The molecule has 0 atom stereocenters. The van der Waals surface area contributed by atoms with E-state index in [1.807, 2.05) is 68.6 Å². The molecule has 6 nitrogen and oxygen atoms in total. The molecule has 0 unspecified atom stereocenters. The second-order valence-corrected chi connectivity index (χ2v) is 8.61. The maximum Gasteiger partial charge on any atom is 0.271 e. The van der Waals surface area contributed by atoms with Crippen LogP contribution in [0.3, 0.4) is 0 Å². The van der Waals surface area contributed by atoms with E-state index in [0.29, 0.717) is 16.6 Å². The van der Waals surface area contributed by atoms with Crippen molar-refractivity contribution in [2.75, 3.05) is 18.6 Å². The SMILES string of the molecule is COc1ccc(N(C(=O)COc2cccc3c2OC(C)(C)C3)c2nc(C)cs2)cc1. The molecule has 0 radical (unpaired) electrons. The summed E-state index contributed by atoms with van der Waals surface area (Å²) in [5, 5.41) is 2.52.